The molecule has 3 nitrogen and oxygen atoms in total. The van der Waals surface area contributed by atoms with Crippen LogP contribution in [0.3, 0.4) is 0 Å². The molecule has 4 aromatic rings. The van der Waals surface area contributed by atoms with E-state index >= 15 is 0 Å². The highest BCUT2D eigenvalue weighted by molar-refractivity contribution is 6.24. The Bertz CT molecular complexity index is 1170. The first-order chi connectivity index (χ1) is 14.7. The Hall–Kier alpha value is -3.85. The van der Waals surface area contributed by atoms with Gasteiger partial charge in [-0.05, 0) is 45.7 Å². The molecule has 0 aliphatic rings. The highest BCUT2D eigenvalue weighted by atomic mass is 16.5. The zero-order valence-corrected chi connectivity index (χ0v) is 16.8. The molecule has 148 valence electrons. The lowest BCUT2D eigenvalue weighted by atomic mass is 10.0. The summed E-state index contributed by atoms with van der Waals surface area (Å²) in [5, 5.41) is 5.42. The molecule has 0 heterocycles. The molecule has 3 heteroatoms. The Labute approximate surface area is 176 Å². The highest BCUT2D eigenvalue weighted by Crippen LogP contribution is 2.22. The Balaban J connectivity index is 1.61. The van der Waals surface area contributed by atoms with E-state index in [1.807, 2.05) is 78.9 Å². The number of rotatable bonds is 6. The van der Waals surface area contributed by atoms with Gasteiger partial charge in [0, 0.05) is 12.1 Å². The van der Waals surface area contributed by atoms with Gasteiger partial charge in [-0.1, -0.05) is 84.9 Å². The van der Waals surface area contributed by atoms with Gasteiger partial charge in [0.1, 0.15) is 5.75 Å². The third-order valence-corrected chi connectivity index (χ3v) is 5.08. The maximum atomic E-state index is 13.2. The number of carbonyl (C=O) groups is 1. The van der Waals surface area contributed by atoms with Crippen LogP contribution in [0.2, 0.25) is 0 Å². The van der Waals surface area contributed by atoms with Crippen molar-refractivity contribution < 1.29 is 9.53 Å². The molecule has 4 rings (SSSR count). The number of benzene rings is 4. The van der Waals surface area contributed by atoms with Crippen LogP contribution in [0.5, 0.6) is 5.75 Å². The van der Waals surface area contributed by atoms with E-state index < -0.39 is 0 Å². The summed E-state index contributed by atoms with van der Waals surface area (Å²) in [4.78, 5) is 13.2. The summed E-state index contributed by atoms with van der Waals surface area (Å²) in [6.45, 7) is 0.465. The number of amides is 1. The standard InChI is InChI=1S/C27H23NO2/c1-30-24-16-14-20(15-17-24)18-26(22-8-3-2-4-9-22)27(29)28-19-23-12-7-11-21-10-5-6-13-25(21)23/h2-18H,19H2,1H3,(H,28,29)/b26-18+. The van der Waals surface area contributed by atoms with E-state index in [4.69, 9.17) is 4.74 Å². The number of hydrogen-bond acceptors (Lipinski definition) is 2. The van der Waals surface area contributed by atoms with Crippen molar-refractivity contribution in [2.75, 3.05) is 7.11 Å². The Morgan fingerprint density at radius 3 is 2.30 bits per heavy atom. The number of ether oxygens (including phenoxy) is 1. The molecule has 1 N–H and O–H groups in total. The average Bonchev–Trinajstić information content (AvgIpc) is 2.82. The van der Waals surface area contributed by atoms with Gasteiger partial charge in [-0.15, -0.1) is 0 Å². The van der Waals surface area contributed by atoms with Crippen molar-refractivity contribution in [2.45, 2.75) is 6.54 Å². The molecule has 0 fully saturated rings. The second-order valence-corrected chi connectivity index (χ2v) is 7.02. The fraction of sp³-hybridized carbons (Fsp3) is 0.0741. The highest BCUT2D eigenvalue weighted by Gasteiger charge is 2.12. The summed E-state index contributed by atoms with van der Waals surface area (Å²) < 4.78 is 5.23. The van der Waals surface area contributed by atoms with E-state index in [0.717, 1.165) is 27.8 Å². The smallest absolute Gasteiger partial charge is 0.252 e. The van der Waals surface area contributed by atoms with E-state index in [1.54, 1.807) is 7.11 Å². The molecule has 0 saturated carbocycles. The maximum Gasteiger partial charge on any atom is 0.252 e. The van der Waals surface area contributed by atoms with E-state index in [1.165, 1.54) is 5.39 Å². The Kier molecular flexibility index (Phi) is 5.90. The van der Waals surface area contributed by atoms with Crippen LogP contribution in [0.15, 0.2) is 97.1 Å². The first kappa shape index (κ1) is 19.5. The molecule has 0 bridgehead atoms. The van der Waals surface area contributed by atoms with Crippen molar-refractivity contribution in [1.82, 2.24) is 5.32 Å². The zero-order valence-electron chi connectivity index (χ0n) is 16.8. The molecule has 0 aliphatic heterocycles. The molecule has 0 saturated heterocycles. The van der Waals surface area contributed by atoms with Gasteiger partial charge in [-0.3, -0.25) is 4.79 Å². The fourth-order valence-electron chi connectivity index (χ4n) is 3.48. The first-order valence-electron chi connectivity index (χ1n) is 9.90. The number of methoxy groups -OCH3 is 1. The molecule has 0 spiro atoms. The van der Waals surface area contributed by atoms with Gasteiger partial charge in [0.05, 0.1) is 7.11 Å². The van der Waals surface area contributed by atoms with Crippen LogP contribution in [0.4, 0.5) is 0 Å². The van der Waals surface area contributed by atoms with E-state index in [-0.39, 0.29) is 5.91 Å². The van der Waals surface area contributed by atoms with Crippen molar-refractivity contribution in [1.29, 1.82) is 0 Å². The van der Waals surface area contributed by atoms with Crippen LogP contribution >= 0.6 is 0 Å². The number of hydrogen-bond donors (Lipinski definition) is 1. The molecule has 0 aliphatic carbocycles. The van der Waals surface area contributed by atoms with Crippen molar-refractivity contribution in [3.63, 3.8) is 0 Å². The van der Waals surface area contributed by atoms with Gasteiger partial charge >= 0.3 is 0 Å². The van der Waals surface area contributed by atoms with E-state index in [0.29, 0.717) is 12.1 Å². The third-order valence-electron chi connectivity index (χ3n) is 5.08. The summed E-state index contributed by atoms with van der Waals surface area (Å²) in [5.41, 5.74) is 3.54. The largest absolute Gasteiger partial charge is 0.497 e. The van der Waals surface area contributed by atoms with Crippen molar-refractivity contribution >= 4 is 28.3 Å². The van der Waals surface area contributed by atoms with Gasteiger partial charge in [-0.25, -0.2) is 0 Å². The quantitative estimate of drug-likeness (QED) is 0.337. The van der Waals surface area contributed by atoms with Crippen LogP contribution in [0, 0.1) is 0 Å². The van der Waals surface area contributed by atoms with Crippen LogP contribution in [0.1, 0.15) is 16.7 Å². The van der Waals surface area contributed by atoms with Gasteiger partial charge in [0.15, 0.2) is 0 Å². The topological polar surface area (TPSA) is 38.3 Å². The molecule has 1 amide bonds. The monoisotopic (exact) mass is 393 g/mol. The predicted molar refractivity (Wildman–Crippen MR) is 123 cm³/mol. The SMILES string of the molecule is COc1ccc(/C=C(/C(=O)NCc2cccc3ccccc23)c2ccccc2)cc1. The van der Waals surface area contributed by atoms with Crippen molar-refractivity contribution in [3.8, 4) is 5.75 Å². The summed E-state index contributed by atoms with van der Waals surface area (Å²) >= 11 is 0. The second-order valence-electron chi connectivity index (χ2n) is 7.02. The molecule has 0 unspecified atom stereocenters. The summed E-state index contributed by atoms with van der Waals surface area (Å²) in [5.74, 6) is 0.679. The van der Waals surface area contributed by atoms with Gasteiger partial charge in [0.2, 0.25) is 0 Å². The molecule has 0 radical (unpaired) electrons. The van der Waals surface area contributed by atoms with Gasteiger partial charge in [0.25, 0.3) is 5.91 Å². The van der Waals surface area contributed by atoms with Crippen LogP contribution < -0.4 is 10.1 Å². The molecule has 4 aromatic carbocycles. The first-order valence-corrected chi connectivity index (χ1v) is 9.90. The lowest BCUT2D eigenvalue weighted by Crippen LogP contribution is -2.24. The normalized spacial score (nSPS) is 11.3. The minimum Gasteiger partial charge on any atom is -0.497 e. The molecule has 0 atom stereocenters. The summed E-state index contributed by atoms with van der Waals surface area (Å²) in [6.07, 6.45) is 1.91. The second kappa shape index (κ2) is 9.10. The molecular formula is C27H23NO2. The Morgan fingerprint density at radius 1 is 0.833 bits per heavy atom. The number of nitrogens with one attached hydrogen (secondary N) is 1. The molecule has 30 heavy (non-hydrogen) atoms. The lowest BCUT2D eigenvalue weighted by Gasteiger charge is -2.12. The minimum absolute atomic E-state index is 0.107. The molecular weight excluding hydrogens is 370 g/mol. The number of fused-ring (bicyclic) bond motifs is 1. The van der Waals surface area contributed by atoms with E-state index in [9.17, 15) is 4.79 Å². The van der Waals surface area contributed by atoms with Crippen LogP contribution in [-0.2, 0) is 11.3 Å². The Morgan fingerprint density at radius 2 is 1.53 bits per heavy atom. The zero-order chi connectivity index (χ0) is 20.8. The maximum absolute atomic E-state index is 13.2. The van der Waals surface area contributed by atoms with E-state index in [2.05, 4.69) is 29.6 Å². The fourth-order valence-corrected chi connectivity index (χ4v) is 3.48. The number of carbonyl (C=O) groups excluding carboxylic acids is 1. The van der Waals surface area contributed by atoms with Crippen molar-refractivity contribution in [3.05, 3.63) is 114 Å². The predicted octanol–water partition coefficient (Wildman–Crippen LogP) is 5.71. The summed E-state index contributed by atoms with van der Waals surface area (Å²) in [6, 6.07) is 31.8. The van der Waals surface area contributed by atoms with Gasteiger partial charge in [-0.2, -0.15) is 0 Å². The third kappa shape index (κ3) is 4.41. The summed E-state index contributed by atoms with van der Waals surface area (Å²) in [7, 11) is 1.64. The van der Waals surface area contributed by atoms with Crippen molar-refractivity contribution in [2.24, 2.45) is 0 Å². The molecule has 0 aromatic heterocycles. The average molecular weight is 393 g/mol. The minimum atomic E-state index is -0.107. The lowest BCUT2D eigenvalue weighted by molar-refractivity contribution is -0.115. The van der Waals surface area contributed by atoms with Crippen LogP contribution in [0.25, 0.3) is 22.4 Å². The van der Waals surface area contributed by atoms with Gasteiger partial charge < -0.3 is 10.1 Å². The van der Waals surface area contributed by atoms with Crippen LogP contribution in [-0.4, -0.2) is 13.0 Å².